The smallest absolute Gasteiger partial charge is 0.328 e. The van der Waals surface area contributed by atoms with Gasteiger partial charge in [-0.1, -0.05) is 36.4 Å². The summed E-state index contributed by atoms with van der Waals surface area (Å²) in [6, 6.07) is 11.8. The van der Waals surface area contributed by atoms with Crippen molar-refractivity contribution in [3.8, 4) is 0 Å². The highest BCUT2D eigenvalue weighted by Crippen LogP contribution is 2.27. The molecule has 0 saturated carbocycles. The predicted molar refractivity (Wildman–Crippen MR) is 111 cm³/mol. The molecule has 0 aliphatic rings. The van der Waals surface area contributed by atoms with Crippen LogP contribution in [0.3, 0.4) is 0 Å². The molecule has 3 aromatic rings. The molecule has 1 atom stereocenters. The Hall–Kier alpha value is -2.49. The summed E-state index contributed by atoms with van der Waals surface area (Å²) in [6.45, 7) is 5.92. The highest BCUT2D eigenvalue weighted by Gasteiger charge is 2.33. The molecule has 7 nitrogen and oxygen atoms in total. The molecule has 0 aliphatic carbocycles. The van der Waals surface area contributed by atoms with Crippen LogP contribution in [0.4, 0.5) is 0 Å². The Morgan fingerprint density at radius 3 is 2.55 bits per heavy atom. The molecule has 29 heavy (non-hydrogen) atoms. The molecule has 0 aliphatic heterocycles. The molecule has 0 spiro atoms. The average Bonchev–Trinajstić information content (AvgIpc) is 3.31. The second-order valence-electron chi connectivity index (χ2n) is 6.47. The molecule has 0 amide bonds. The number of esters is 1. The Bertz CT molecular complexity index is 1070. The van der Waals surface area contributed by atoms with Gasteiger partial charge in [-0.3, -0.25) is 4.68 Å². The normalized spacial score (nSPS) is 12.7. The van der Waals surface area contributed by atoms with Crippen molar-refractivity contribution in [2.24, 2.45) is 0 Å². The number of carbonyl (C=O) groups is 1. The van der Waals surface area contributed by atoms with E-state index in [0.29, 0.717) is 23.5 Å². The monoisotopic (exact) mass is 433 g/mol. The van der Waals surface area contributed by atoms with Gasteiger partial charge in [0.1, 0.15) is 10.3 Å². The zero-order valence-electron chi connectivity index (χ0n) is 16.5. The summed E-state index contributed by atoms with van der Waals surface area (Å²) in [5, 5.41) is 6.21. The van der Waals surface area contributed by atoms with Crippen LogP contribution in [-0.2, 0) is 26.1 Å². The van der Waals surface area contributed by atoms with Gasteiger partial charge in [0.15, 0.2) is 0 Å². The lowest BCUT2D eigenvalue weighted by Gasteiger charge is -2.18. The number of sulfonamides is 1. The van der Waals surface area contributed by atoms with Crippen LogP contribution in [0.1, 0.15) is 35.5 Å². The highest BCUT2D eigenvalue weighted by atomic mass is 32.2. The van der Waals surface area contributed by atoms with Gasteiger partial charge in [0.05, 0.1) is 18.8 Å². The van der Waals surface area contributed by atoms with Crippen molar-refractivity contribution in [1.29, 1.82) is 0 Å². The number of hydrogen-bond donors (Lipinski definition) is 1. The number of aromatic nitrogens is 2. The Morgan fingerprint density at radius 1 is 1.21 bits per heavy atom. The summed E-state index contributed by atoms with van der Waals surface area (Å²) in [6.07, 6.45) is 0. The van der Waals surface area contributed by atoms with E-state index < -0.39 is 22.0 Å². The number of rotatable bonds is 8. The summed E-state index contributed by atoms with van der Waals surface area (Å²) in [7, 11) is -3.88. The largest absolute Gasteiger partial charge is 0.465 e. The fraction of sp³-hybridized carbons (Fsp3) is 0.300. The van der Waals surface area contributed by atoms with Crippen molar-refractivity contribution < 1.29 is 17.9 Å². The van der Waals surface area contributed by atoms with Crippen molar-refractivity contribution in [3.05, 3.63) is 70.4 Å². The second-order valence-corrected chi connectivity index (χ2v) is 9.35. The molecule has 0 bridgehead atoms. The van der Waals surface area contributed by atoms with E-state index in [4.69, 9.17) is 4.74 Å². The molecule has 0 radical (unpaired) electrons. The van der Waals surface area contributed by atoms with Gasteiger partial charge in [-0.15, -0.1) is 11.3 Å². The molecular weight excluding hydrogens is 410 g/mol. The van der Waals surface area contributed by atoms with Gasteiger partial charge in [0.25, 0.3) is 10.0 Å². The van der Waals surface area contributed by atoms with E-state index in [-0.39, 0.29) is 10.8 Å². The van der Waals surface area contributed by atoms with Gasteiger partial charge in [-0.2, -0.15) is 9.82 Å². The molecule has 0 unspecified atom stereocenters. The number of nitrogens with zero attached hydrogens (tertiary/aromatic N) is 2. The van der Waals surface area contributed by atoms with Crippen LogP contribution in [0.2, 0.25) is 0 Å². The molecule has 9 heteroatoms. The molecule has 1 N–H and O–H groups in total. The molecular formula is C20H23N3O4S2. The molecule has 2 heterocycles. The van der Waals surface area contributed by atoms with E-state index in [0.717, 1.165) is 16.9 Å². The Kier molecular flexibility index (Phi) is 6.51. The van der Waals surface area contributed by atoms with Crippen LogP contribution in [0.25, 0.3) is 0 Å². The van der Waals surface area contributed by atoms with Crippen molar-refractivity contribution in [2.75, 3.05) is 6.61 Å². The number of thiophene rings is 1. The average molecular weight is 434 g/mol. The van der Waals surface area contributed by atoms with Gasteiger partial charge in [0, 0.05) is 11.3 Å². The summed E-state index contributed by atoms with van der Waals surface area (Å²) >= 11 is 1.08. The van der Waals surface area contributed by atoms with Crippen molar-refractivity contribution >= 4 is 27.3 Å². The molecule has 1 aromatic carbocycles. The number of nitrogens with one attached hydrogen (secondary N) is 1. The molecule has 2 aromatic heterocycles. The second kappa shape index (κ2) is 8.89. The summed E-state index contributed by atoms with van der Waals surface area (Å²) in [5.74, 6) is -0.655. The molecule has 0 saturated heterocycles. The van der Waals surface area contributed by atoms with Crippen LogP contribution in [0, 0.1) is 13.8 Å². The number of benzene rings is 1. The van der Waals surface area contributed by atoms with Gasteiger partial charge in [0.2, 0.25) is 0 Å². The Balaban J connectivity index is 1.99. The lowest BCUT2D eigenvalue weighted by Crippen LogP contribution is -2.35. The third-order valence-electron chi connectivity index (χ3n) is 4.46. The first-order chi connectivity index (χ1) is 13.8. The predicted octanol–water partition coefficient (Wildman–Crippen LogP) is 3.19. The molecule has 154 valence electrons. The zero-order chi connectivity index (χ0) is 21.0. The van der Waals surface area contributed by atoms with E-state index >= 15 is 0 Å². The SMILES string of the molecule is CCOC(=O)[C@@H](NS(=O)(=O)c1cccs1)c1c(C)nn(Cc2ccccc2)c1C. The lowest BCUT2D eigenvalue weighted by molar-refractivity contribution is -0.145. The van der Waals surface area contributed by atoms with Gasteiger partial charge >= 0.3 is 5.97 Å². The summed E-state index contributed by atoms with van der Waals surface area (Å²) < 4.78 is 35.1. The maximum absolute atomic E-state index is 12.8. The Labute approximate surface area is 174 Å². The van der Waals surface area contributed by atoms with Gasteiger partial charge in [-0.05, 0) is 37.8 Å². The van der Waals surface area contributed by atoms with Crippen molar-refractivity contribution in [1.82, 2.24) is 14.5 Å². The fourth-order valence-electron chi connectivity index (χ4n) is 3.12. The maximum atomic E-state index is 12.8. The lowest BCUT2D eigenvalue weighted by atomic mass is 10.1. The summed E-state index contributed by atoms with van der Waals surface area (Å²) in [5.41, 5.74) is 2.85. The fourth-order valence-corrected chi connectivity index (χ4v) is 5.28. The minimum absolute atomic E-state index is 0.138. The number of hydrogen-bond acceptors (Lipinski definition) is 6. The van der Waals surface area contributed by atoms with Crippen LogP contribution in [0.5, 0.6) is 0 Å². The van der Waals surface area contributed by atoms with Crippen LogP contribution in [0.15, 0.2) is 52.1 Å². The van der Waals surface area contributed by atoms with Crippen molar-refractivity contribution in [2.45, 2.75) is 37.6 Å². The first-order valence-electron chi connectivity index (χ1n) is 9.13. The third-order valence-corrected chi connectivity index (χ3v) is 7.28. The topological polar surface area (TPSA) is 90.3 Å². The quantitative estimate of drug-likeness (QED) is 0.551. The third kappa shape index (κ3) is 4.75. The molecule has 3 rings (SSSR count). The molecule has 0 fully saturated rings. The standard InChI is InChI=1S/C20H23N3O4S2/c1-4-27-20(24)19(22-29(25,26)17-11-8-12-28-17)18-14(2)21-23(15(18)3)13-16-9-6-5-7-10-16/h5-12,19,22H,4,13H2,1-3H3/t19-/m0/s1. The van der Waals surface area contributed by atoms with Crippen LogP contribution >= 0.6 is 11.3 Å². The summed E-state index contributed by atoms with van der Waals surface area (Å²) in [4.78, 5) is 12.7. The number of aryl methyl sites for hydroxylation is 1. The van der Waals surface area contributed by atoms with E-state index in [1.165, 1.54) is 6.07 Å². The van der Waals surface area contributed by atoms with E-state index in [9.17, 15) is 13.2 Å². The Morgan fingerprint density at radius 2 is 1.93 bits per heavy atom. The van der Waals surface area contributed by atoms with Gasteiger partial charge < -0.3 is 4.74 Å². The minimum Gasteiger partial charge on any atom is -0.465 e. The first kappa shape index (κ1) is 21.2. The first-order valence-corrected chi connectivity index (χ1v) is 11.5. The minimum atomic E-state index is -3.88. The van der Waals surface area contributed by atoms with E-state index in [2.05, 4.69) is 9.82 Å². The zero-order valence-corrected chi connectivity index (χ0v) is 18.1. The maximum Gasteiger partial charge on any atom is 0.328 e. The number of carbonyl (C=O) groups excluding carboxylic acids is 1. The van der Waals surface area contributed by atoms with Crippen LogP contribution in [-0.4, -0.2) is 30.8 Å². The number of ether oxygens (including phenoxy) is 1. The van der Waals surface area contributed by atoms with Crippen molar-refractivity contribution in [3.63, 3.8) is 0 Å². The van der Waals surface area contributed by atoms with Crippen LogP contribution < -0.4 is 4.72 Å². The van der Waals surface area contributed by atoms with E-state index in [1.807, 2.05) is 37.3 Å². The van der Waals surface area contributed by atoms with E-state index in [1.54, 1.807) is 30.0 Å². The van der Waals surface area contributed by atoms with Gasteiger partial charge in [-0.25, -0.2) is 13.2 Å². The highest BCUT2D eigenvalue weighted by molar-refractivity contribution is 7.91.